The van der Waals surface area contributed by atoms with Gasteiger partial charge in [0.15, 0.2) is 0 Å². The molecule has 0 saturated carbocycles. The van der Waals surface area contributed by atoms with Crippen LogP contribution in [-0.4, -0.2) is 28.0 Å². The Labute approximate surface area is 66.5 Å². The predicted octanol–water partition coefficient (Wildman–Crippen LogP) is -1.85. The molecule has 0 radical (unpaired) electrons. The van der Waals surface area contributed by atoms with E-state index < -0.39 is 28.6 Å². The summed E-state index contributed by atoms with van der Waals surface area (Å²) in [4.78, 5) is 11.6. The van der Waals surface area contributed by atoms with Crippen molar-refractivity contribution in [3.63, 3.8) is 0 Å². The topological polar surface area (TPSA) is 133 Å². The minimum atomic E-state index is -2.76. The summed E-state index contributed by atoms with van der Waals surface area (Å²) >= 11 is -5.37. The molecule has 8 nitrogen and oxygen atoms in total. The van der Waals surface area contributed by atoms with Gasteiger partial charge in [0.05, 0.1) is 0 Å². The van der Waals surface area contributed by atoms with Gasteiger partial charge in [-0.15, -0.1) is 9.25 Å². The van der Waals surface area contributed by atoms with Crippen molar-refractivity contribution in [1.82, 2.24) is 9.25 Å². The number of rotatable bonds is 3. The van der Waals surface area contributed by atoms with Crippen molar-refractivity contribution in [2.24, 2.45) is 5.73 Å². The lowest BCUT2D eigenvalue weighted by molar-refractivity contribution is 0.226. The van der Waals surface area contributed by atoms with Crippen LogP contribution < -0.4 is 10.6 Å². The largest absolute Gasteiger partial charge is 0.349 e. The third kappa shape index (κ3) is 4.00. The predicted molar refractivity (Wildman–Crippen MR) is 36.1 cm³/mol. The molecule has 5 N–H and O–H groups in total. The SMILES string of the molecule is NC(=O)N(NS(=O)O)S(=O)O. The zero-order chi connectivity index (χ0) is 9.02. The second-order valence-electron chi connectivity index (χ2n) is 1.20. The van der Waals surface area contributed by atoms with Gasteiger partial charge in [0.2, 0.25) is 0 Å². The maximum absolute atomic E-state index is 10.2. The molecule has 2 unspecified atom stereocenters. The minimum Gasteiger partial charge on any atom is -0.349 e. The fourth-order valence-corrected chi connectivity index (χ4v) is 1.06. The molecule has 0 fully saturated rings. The molecule has 0 bridgehead atoms. The summed E-state index contributed by atoms with van der Waals surface area (Å²) in [5.41, 5.74) is 4.51. The summed E-state index contributed by atoms with van der Waals surface area (Å²) in [5, 5.41) is 0. The zero-order valence-electron chi connectivity index (χ0n) is 4.96. The quantitative estimate of drug-likeness (QED) is 0.315. The van der Waals surface area contributed by atoms with Crippen molar-refractivity contribution >= 4 is 28.6 Å². The molecule has 0 aromatic carbocycles. The van der Waals surface area contributed by atoms with E-state index in [1.165, 1.54) is 4.83 Å². The number of amides is 2. The van der Waals surface area contributed by atoms with Crippen LogP contribution in [0.3, 0.4) is 0 Å². The Morgan fingerprint density at radius 1 is 1.45 bits per heavy atom. The highest BCUT2D eigenvalue weighted by Crippen LogP contribution is 1.85. The monoisotopic (exact) mass is 203 g/mol. The van der Waals surface area contributed by atoms with E-state index in [2.05, 4.69) is 5.73 Å². The molecule has 0 aromatic rings. The van der Waals surface area contributed by atoms with Gasteiger partial charge in [0.25, 0.3) is 22.5 Å². The van der Waals surface area contributed by atoms with Crippen LogP contribution in [0.4, 0.5) is 4.79 Å². The average molecular weight is 203 g/mol. The first-order valence-corrected chi connectivity index (χ1v) is 4.20. The standard InChI is InChI=1S/CH5N3O5S2/c2-1(5)4(11(8)9)3-10(6)7/h3H,(H2,2,5)(H,6,7)(H,8,9). The van der Waals surface area contributed by atoms with E-state index in [-0.39, 0.29) is 4.41 Å². The van der Waals surface area contributed by atoms with E-state index >= 15 is 0 Å². The Morgan fingerprint density at radius 3 is 2.00 bits per heavy atom. The van der Waals surface area contributed by atoms with Gasteiger partial charge < -0.3 is 5.73 Å². The summed E-state index contributed by atoms with van der Waals surface area (Å²) in [7, 11) is 0. The van der Waals surface area contributed by atoms with Crippen LogP contribution in [0.5, 0.6) is 0 Å². The smallest absolute Gasteiger partial charge is 0.344 e. The number of nitrogens with zero attached hydrogens (tertiary/aromatic N) is 1. The molecule has 0 saturated heterocycles. The molecule has 0 aromatic heterocycles. The van der Waals surface area contributed by atoms with Crippen LogP contribution in [0.25, 0.3) is 0 Å². The molecule has 66 valence electrons. The van der Waals surface area contributed by atoms with Crippen molar-refractivity contribution < 1.29 is 22.3 Å². The first kappa shape index (κ1) is 10.4. The van der Waals surface area contributed by atoms with Crippen LogP contribution in [0, 0.1) is 0 Å². The fraction of sp³-hybridized carbons (Fsp3) is 0. The van der Waals surface area contributed by atoms with Gasteiger partial charge in [-0.05, 0) is 0 Å². The molecule has 0 heterocycles. The van der Waals surface area contributed by atoms with Crippen molar-refractivity contribution in [2.75, 3.05) is 0 Å². The van der Waals surface area contributed by atoms with Crippen molar-refractivity contribution in [1.29, 1.82) is 0 Å². The molecule has 0 aliphatic rings. The average Bonchev–Trinajstić information content (AvgIpc) is 1.81. The van der Waals surface area contributed by atoms with E-state index in [1.54, 1.807) is 0 Å². The second-order valence-corrected chi connectivity index (χ2v) is 2.71. The van der Waals surface area contributed by atoms with Crippen LogP contribution in [-0.2, 0) is 22.5 Å². The Kier molecular flexibility index (Phi) is 4.14. The highest BCUT2D eigenvalue weighted by Gasteiger charge is 2.16. The van der Waals surface area contributed by atoms with Crippen molar-refractivity contribution in [3.8, 4) is 0 Å². The van der Waals surface area contributed by atoms with Crippen LogP contribution in [0.15, 0.2) is 0 Å². The second kappa shape index (κ2) is 4.35. The molecule has 11 heavy (non-hydrogen) atoms. The summed E-state index contributed by atoms with van der Waals surface area (Å²) in [6, 6.07) is -1.34. The van der Waals surface area contributed by atoms with Gasteiger partial charge in [0.1, 0.15) is 0 Å². The summed E-state index contributed by atoms with van der Waals surface area (Å²) in [6.45, 7) is 0. The normalized spacial score (nSPS) is 15.5. The highest BCUT2D eigenvalue weighted by molar-refractivity contribution is 7.80. The highest BCUT2D eigenvalue weighted by atomic mass is 32.2. The van der Waals surface area contributed by atoms with E-state index in [0.717, 1.165) is 0 Å². The van der Waals surface area contributed by atoms with E-state index in [4.69, 9.17) is 9.11 Å². The molecule has 10 heteroatoms. The first-order valence-electron chi connectivity index (χ1n) is 2.03. The zero-order valence-corrected chi connectivity index (χ0v) is 6.59. The maximum atomic E-state index is 10.2. The Hall–Kier alpha value is -0.550. The molecule has 0 aliphatic heterocycles. The molecular weight excluding hydrogens is 198 g/mol. The molecular formula is CH5N3O5S2. The van der Waals surface area contributed by atoms with E-state index in [1.807, 2.05) is 0 Å². The van der Waals surface area contributed by atoms with Gasteiger partial charge in [-0.3, -0.25) is 9.11 Å². The summed E-state index contributed by atoms with van der Waals surface area (Å²) in [6.07, 6.45) is 0. The maximum Gasteiger partial charge on any atom is 0.344 e. The number of hydrogen-bond donors (Lipinski definition) is 4. The summed E-state index contributed by atoms with van der Waals surface area (Å²) in [5.74, 6) is 0. The van der Waals surface area contributed by atoms with Gasteiger partial charge in [-0.2, -0.15) is 0 Å². The first-order chi connectivity index (χ1) is 4.95. The number of hydrazine groups is 1. The molecule has 0 aliphatic carbocycles. The van der Waals surface area contributed by atoms with E-state index in [0.29, 0.717) is 0 Å². The van der Waals surface area contributed by atoms with Crippen LogP contribution in [0.1, 0.15) is 0 Å². The molecule has 2 amide bonds. The number of carbonyl (C=O) groups excluding carboxylic acids is 1. The van der Waals surface area contributed by atoms with Gasteiger partial charge >= 0.3 is 6.03 Å². The van der Waals surface area contributed by atoms with Gasteiger partial charge in [-0.25, -0.2) is 13.2 Å². The van der Waals surface area contributed by atoms with E-state index in [9.17, 15) is 13.2 Å². The number of urea groups is 1. The van der Waals surface area contributed by atoms with Gasteiger partial charge in [-0.1, -0.05) is 0 Å². The van der Waals surface area contributed by atoms with Crippen LogP contribution >= 0.6 is 0 Å². The number of nitrogens with two attached hydrogens (primary N) is 1. The van der Waals surface area contributed by atoms with Crippen molar-refractivity contribution in [3.05, 3.63) is 0 Å². The number of nitrogens with one attached hydrogen (secondary N) is 1. The number of hydrogen-bond acceptors (Lipinski definition) is 3. The van der Waals surface area contributed by atoms with Gasteiger partial charge in [0, 0.05) is 0 Å². The Balaban J connectivity index is 4.23. The third-order valence-corrected chi connectivity index (χ3v) is 1.56. The summed E-state index contributed by atoms with van der Waals surface area (Å²) < 4.78 is 36.2. The van der Waals surface area contributed by atoms with Crippen molar-refractivity contribution in [2.45, 2.75) is 0 Å². The number of primary amides is 1. The lowest BCUT2D eigenvalue weighted by Gasteiger charge is -2.11. The lowest BCUT2D eigenvalue weighted by atomic mass is 11.2. The fourth-order valence-electron chi connectivity index (χ4n) is 0.225. The Bertz CT molecular complexity index is 190. The lowest BCUT2D eigenvalue weighted by Crippen LogP contribution is -2.47. The molecule has 0 spiro atoms. The van der Waals surface area contributed by atoms with Crippen LogP contribution in [0.2, 0.25) is 0 Å². The Morgan fingerprint density at radius 2 is 1.91 bits per heavy atom. The minimum absolute atomic E-state index is 0.101. The molecule has 0 rings (SSSR count). The third-order valence-electron chi connectivity index (χ3n) is 0.517. The molecule has 2 atom stereocenters. The number of carbonyl (C=O) groups is 1.